The number of hydrogen-bond donors (Lipinski definition) is 1. The second-order valence-electron chi connectivity index (χ2n) is 3.72. The highest BCUT2D eigenvalue weighted by Gasteiger charge is 2.17. The Morgan fingerprint density at radius 1 is 1.69 bits per heavy atom. The third-order valence-electron chi connectivity index (χ3n) is 2.60. The van der Waals surface area contributed by atoms with Crippen LogP contribution in [0.3, 0.4) is 0 Å². The van der Waals surface area contributed by atoms with Crippen LogP contribution in [-0.2, 0) is 0 Å². The third kappa shape index (κ3) is 3.56. The fourth-order valence-electron chi connectivity index (χ4n) is 1.36. The number of H-pyrrole nitrogens is 1. The average molecular weight is 241 g/mol. The smallest absolute Gasteiger partial charge is 0.271 e. The maximum Gasteiger partial charge on any atom is 0.271 e. The molecule has 0 fully saturated rings. The molecule has 5 heteroatoms. The second-order valence-corrected chi connectivity index (χ2v) is 5.11. The molecule has 0 saturated carbocycles. The van der Waals surface area contributed by atoms with Gasteiger partial charge in [0.25, 0.3) is 5.91 Å². The van der Waals surface area contributed by atoms with E-state index in [2.05, 4.69) is 24.0 Å². The minimum atomic E-state index is 0.00602. The predicted octanol–water partition coefficient (Wildman–Crippen LogP) is 2.01. The van der Waals surface area contributed by atoms with Gasteiger partial charge in [-0.15, -0.1) is 0 Å². The van der Waals surface area contributed by atoms with Crippen LogP contribution in [0.15, 0.2) is 12.3 Å². The predicted molar refractivity (Wildman–Crippen MR) is 67.8 cm³/mol. The number of thioether (sulfide) groups is 1. The van der Waals surface area contributed by atoms with Crippen LogP contribution in [0, 0.1) is 0 Å². The summed E-state index contributed by atoms with van der Waals surface area (Å²) in [6, 6.07) is 1.96. The van der Waals surface area contributed by atoms with Crippen molar-refractivity contribution in [3.05, 3.63) is 18.0 Å². The van der Waals surface area contributed by atoms with E-state index in [1.165, 1.54) is 0 Å². The highest BCUT2D eigenvalue weighted by atomic mass is 32.2. The first-order chi connectivity index (χ1) is 7.66. The molecule has 0 aliphatic carbocycles. The van der Waals surface area contributed by atoms with Crippen LogP contribution in [0.5, 0.6) is 0 Å². The summed E-state index contributed by atoms with van der Waals surface area (Å²) in [4.78, 5) is 13.7. The van der Waals surface area contributed by atoms with Crippen LogP contribution < -0.4 is 0 Å². The normalized spacial score (nSPS) is 12.4. The number of nitrogens with zero attached hydrogens (tertiary/aromatic N) is 2. The summed E-state index contributed by atoms with van der Waals surface area (Å²) >= 11 is 1.90. The van der Waals surface area contributed by atoms with E-state index < -0.39 is 0 Å². The molecule has 0 radical (unpaired) electrons. The summed E-state index contributed by atoms with van der Waals surface area (Å²) < 4.78 is 0. The molecule has 1 amide bonds. The molecule has 16 heavy (non-hydrogen) atoms. The summed E-state index contributed by atoms with van der Waals surface area (Å²) in [7, 11) is 1.84. The summed E-state index contributed by atoms with van der Waals surface area (Å²) in [6.07, 6.45) is 2.62. The van der Waals surface area contributed by atoms with Gasteiger partial charge in [0, 0.05) is 19.3 Å². The first-order valence-corrected chi connectivity index (χ1v) is 6.66. The lowest BCUT2D eigenvalue weighted by molar-refractivity contribution is 0.0735. The van der Waals surface area contributed by atoms with Crippen molar-refractivity contribution in [3.63, 3.8) is 0 Å². The molecule has 0 saturated heterocycles. The molecule has 1 atom stereocenters. The van der Waals surface area contributed by atoms with Crippen molar-refractivity contribution in [2.75, 3.05) is 18.6 Å². The van der Waals surface area contributed by atoms with Crippen molar-refractivity contribution >= 4 is 17.7 Å². The molecule has 0 bridgehead atoms. The Hall–Kier alpha value is -0.970. The lowest BCUT2D eigenvalue weighted by atomic mass is 10.2. The van der Waals surface area contributed by atoms with Gasteiger partial charge in [-0.3, -0.25) is 9.89 Å². The van der Waals surface area contributed by atoms with Gasteiger partial charge in [-0.1, -0.05) is 6.92 Å². The minimum absolute atomic E-state index is 0.00602. The summed E-state index contributed by atoms with van der Waals surface area (Å²) in [5, 5.41) is 6.48. The van der Waals surface area contributed by atoms with E-state index in [1.54, 1.807) is 17.2 Å². The molecule has 0 aliphatic rings. The summed E-state index contributed by atoms with van der Waals surface area (Å²) in [5.41, 5.74) is 0.553. The monoisotopic (exact) mass is 241 g/mol. The second kappa shape index (κ2) is 6.58. The highest BCUT2D eigenvalue weighted by Crippen LogP contribution is 2.10. The van der Waals surface area contributed by atoms with E-state index in [-0.39, 0.29) is 11.9 Å². The van der Waals surface area contributed by atoms with Gasteiger partial charge in [-0.05, 0) is 30.9 Å². The topological polar surface area (TPSA) is 49.0 Å². The Balaban J connectivity index is 2.44. The Morgan fingerprint density at radius 2 is 2.44 bits per heavy atom. The SMILES string of the molecule is CCSCCC(C)N(C)C(=O)c1ccn[nH]1. The van der Waals surface area contributed by atoms with Gasteiger partial charge in [-0.25, -0.2) is 0 Å². The fourth-order valence-corrected chi connectivity index (χ4v) is 2.15. The highest BCUT2D eigenvalue weighted by molar-refractivity contribution is 7.99. The lowest BCUT2D eigenvalue weighted by Gasteiger charge is -2.24. The van der Waals surface area contributed by atoms with Crippen molar-refractivity contribution in [3.8, 4) is 0 Å². The molecule has 1 unspecified atom stereocenters. The molecule has 1 aromatic heterocycles. The van der Waals surface area contributed by atoms with Crippen LogP contribution in [-0.4, -0.2) is 45.6 Å². The molecule has 1 aromatic rings. The van der Waals surface area contributed by atoms with Gasteiger partial charge < -0.3 is 4.90 Å². The van der Waals surface area contributed by atoms with Crippen LogP contribution in [0.2, 0.25) is 0 Å². The number of nitrogens with one attached hydrogen (secondary N) is 1. The standard InChI is InChI=1S/C11H19N3OS/c1-4-16-8-6-9(2)14(3)11(15)10-5-7-12-13-10/h5,7,9H,4,6,8H2,1-3H3,(H,12,13). The number of rotatable bonds is 6. The van der Waals surface area contributed by atoms with Gasteiger partial charge in [-0.2, -0.15) is 16.9 Å². The van der Waals surface area contributed by atoms with Crippen molar-refractivity contribution in [1.29, 1.82) is 0 Å². The molecule has 1 rings (SSSR count). The van der Waals surface area contributed by atoms with E-state index in [1.807, 2.05) is 18.8 Å². The molecular weight excluding hydrogens is 222 g/mol. The van der Waals surface area contributed by atoms with Gasteiger partial charge in [0.2, 0.25) is 0 Å². The van der Waals surface area contributed by atoms with Gasteiger partial charge in [0.05, 0.1) is 0 Å². The zero-order valence-corrected chi connectivity index (χ0v) is 10.9. The minimum Gasteiger partial charge on any atom is -0.338 e. The third-order valence-corrected chi connectivity index (χ3v) is 3.53. The number of amides is 1. The molecule has 4 nitrogen and oxygen atoms in total. The number of aromatic nitrogens is 2. The maximum absolute atomic E-state index is 11.9. The average Bonchev–Trinajstić information content (AvgIpc) is 2.80. The van der Waals surface area contributed by atoms with Crippen molar-refractivity contribution < 1.29 is 4.79 Å². The zero-order valence-electron chi connectivity index (χ0n) is 10.1. The molecular formula is C11H19N3OS. The van der Waals surface area contributed by atoms with E-state index in [9.17, 15) is 4.79 Å². The Morgan fingerprint density at radius 3 is 3.00 bits per heavy atom. The number of aromatic amines is 1. The van der Waals surface area contributed by atoms with E-state index in [4.69, 9.17) is 0 Å². The summed E-state index contributed by atoms with van der Waals surface area (Å²) in [6.45, 7) is 4.22. The fraction of sp³-hybridized carbons (Fsp3) is 0.636. The molecule has 1 heterocycles. The first-order valence-electron chi connectivity index (χ1n) is 5.51. The van der Waals surface area contributed by atoms with E-state index >= 15 is 0 Å². The van der Waals surface area contributed by atoms with Gasteiger partial charge in [0.1, 0.15) is 5.69 Å². The van der Waals surface area contributed by atoms with Crippen LogP contribution >= 0.6 is 11.8 Å². The van der Waals surface area contributed by atoms with Crippen molar-refractivity contribution in [2.24, 2.45) is 0 Å². The van der Waals surface area contributed by atoms with E-state index in [0.29, 0.717) is 5.69 Å². The van der Waals surface area contributed by atoms with Crippen molar-refractivity contribution in [1.82, 2.24) is 15.1 Å². The number of carbonyl (C=O) groups excluding carboxylic acids is 1. The lowest BCUT2D eigenvalue weighted by Crippen LogP contribution is -2.35. The molecule has 0 aromatic carbocycles. The largest absolute Gasteiger partial charge is 0.338 e. The summed E-state index contributed by atoms with van der Waals surface area (Å²) in [5.74, 6) is 2.23. The Bertz CT molecular complexity index is 313. The van der Waals surface area contributed by atoms with Gasteiger partial charge >= 0.3 is 0 Å². The number of carbonyl (C=O) groups is 1. The zero-order chi connectivity index (χ0) is 12.0. The molecule has 0 aliphatic heterocycles. The van der Waals surface area contributed by atoms with Crippen LogP contribution in [0.25, 0.3) is 0 Å². The maximum atomic E-state index is 11.9. The quantitative estimate of drug-likeness (QED) is 0.775. The number of hydrogen-bond acceptors (Lipinski definition) is 3. The Kier molecular flexibility index (Phi) is 5.38. The van der Waals surface area contributed by atoms with Crippen LogP contribution in [0.1, 0.15) is 30.8 Å². The van der Waals surface area contributed by atoms with E-state index in [0.717, 1.165) is 17.9 Å². The van der Waals surface area contributed by atoms with Crippen molar-refractivity contribution in [2.45, 2.75) is 26.3 Å². The van der Waals surface area contributed by atoms with Gasteiger partial charge in [0.15, 0.2) is 0 Å². The molecule has 90 valence electrons. The van der Waals surface area contributed by atoms with Crippen LogP contribution in [0.4, 0.5) is 0 Å². The first kappa shape index (κ1) is 13.1. The molecule has 0 spiro atoms. The Labute approximate surface area is 101 Å². The molecule has 1 N–H and O–H groups in total.